The van der Waals surface area contributed by atoms with Crippen LogP contribution in [0.4, 0.5) is 0 Å². The van der Waals surface area contributed by atoms with E-state index in [0.29, 0.717) is 0 Å². The van der Waals surface area contributed by atoms with Crippen LogP contribution in [-0.4, -0.2) is 98.9 Å². The first-order valence-electron chi connectivity index (χ1n) is 14.3. The first-order chi connectivity index (χ1) is 23.9. The minimum atomic E-state index is -4.50. The van der Waals surface area contributed by atoms with E-state index in [4.69, 9.17) is 29.1 Å². The number of aliphatic hydroxyl groups is 2. The molecule has 0 fully saturated rings. The van der Waals surface area contributed by atoms with E-state index in [-0.39, 0.29) is 6.61 Å². The number of aromatic nitrogens is 4. The highest BCUT2D eigenvalue weighted by Crippen LogP contribution is 2.35. The van der Waals surface area contributed by atoms with Gasteiger partial charge in [-0.3, -0.25) is 17.8 Å². The van der Waals surface area contributed by atoms with Gasteiger partial charge in [-0.15, -0.1) is 0 Å². The van der Waals surface area contributed by atoms with Gasteiger partial charge in [0, 0.05) is 0 Å². The molecule has 6 aromatic rings. The zero-order chi connectivity index (χ0) is 38.1. The molecular weight excluding hydrogens is 735 g/mol. The summed E-state index contributed by atoms with van der Waals surface area (Å²) in [4.78, 5) is 34.2. The van der Waals surface area contributed by atoms with E-state index in [9.17, 15) is 21.4 Å². The highest BCUT2D eigenvalue weighted by molar-refractivity contribution is 7.81. The number of fused-ring (bicyclic) bond motifs is 4. The van der Waals surface area contributed by atoms with Crippen molar-refractivity contribution in [2.45, 2.75) is 13.0 Å². The van der Waals surface area contributed by atoms with Crippen molar-refractivity contribution in [1.82, 2.24) is 19.9 Å². The Labute approximate surface area is 292 Å². The lowest BCUT2D eigenvalue weighted by Crippen LogP contribution is -2.18. The Morgan fingerprint density at radius 2 is 0.882 bits per heavy atom. The quantitative estimate of drug-likeness (QED) is 0.0771. The predicted octanol–water partition coefficient (Wildman–Crippen LogP) is 3.28. The van der Waals surface area contributed by atoms with E-state index >= 15 is 0 Å². The molecule has 0 saturated heterocycles. The predicted molar refractivity (Wildman–Crippen MR) is 187 cm³/mol. The molecule has 0 spiro atoms. The second-order valence-corrected chi connectivity index (χ2v) is 13.0. The van der Waals surface area contributed by atoms with Gasteiger partial charge in [0.25, 0.3) is 0 Å². The lowest BCUT2D eigenvalue weighted by atomic mass is 10.2. The van der Waals surface area contributed by atoms with Gasteiger partial charge in [-0.2, -0.15) is 16.8 Å². The average molecular weight is 771 g/mol. The molecule has 4 aromatic carbocycles. The number of hydrogen-bond donors (Lipinski definition) is 6. The smallest absolute Gasteiger partial charge is 0.394 e. The van der Waals surface area contributed by atoms with Crippen molar-refractivity contribution in [3.8, 4) is 0 Å². The van der Waals surface area contributed by atoms with Crippen LogP contribution < -0.4 is 0 Å². The van der Waals surface area contributed by atoms with Crippen LogP contribution >= 0.6 is 7.82 Å². The van der Waals surface area contributed by atoms with Crippen molar-refractivity contribution in [2.24, 2.45) is 0 Å². The lowest BCUT2D eigenvalue weighted by molar-refractivity contribution is 0.0419. The summed E-state index contributed by atoms with van der Waals surface area (Å²) in [6.45, 7) is 0.285. The van der Waals surface area contributed by atoms with Gasteiger partial charge in [-0.05, 0) is 55.5 Å². The lowest BCUT2D eigenvalue weighted by Gasteiger charge is -2.07. The van der Waals surface area contributed by atoms with Gasteiger partial charge >= 0.3 is 28.6 Å². The molecular formula is C30H35N4O14PS2. The van der Waals surface area contributed by atoms with Crippen LogP contribution in [0, 0.1) is 0 Å². The highest BCUT2D eigenvalue weighted by atomic mass is 32.3. The topological polar surface area (TPSA) is 286 Å². The van der Waals surface area contributed by atoms with Crippen LogP contribution in [0.15, 0.2) is 97.1 Å². The van der Waals surface area contributed by atoms with E-state index in [2.05, 4.69) is 32.8 Å². The minimum Gasteiger partial charge on any atom is -0.394 e. The monoisotopic (exact) mass is 770 g/mol. The SMILES string of the molecule is CCOS(=O)(=O)O.COS(=O)(=O)O.O=P(O)(O)OCC(O)CO.c1ccc2nc3ccccc3nc2c1.c1ccc2nc3ccccc3nc2c1. The van der Waals surface area contributed by atoms with E-state index in [1.165, 1.54) is 6.92 Å². The summed E-state index contributed by atoms with van der Waals surface area (Å²) in [5.74, 6) is 0. The van der Waals surface area contributed by atoms with Crippen LogP contribution in [0.1, 0.15) is 6.92 Å². The number of phosphoric acid groups is 1. The average Bonchev–Trinajstić information content (AvgIpc) is 3.08. The molecule has 0 aliphatic rings. The largest absolute Gasteiger partial charge is 0.469 e. The van der Waals surface area contributed by atoms with E-state index in [1.54, 1.807) is 0 Å². The van der Waals surface area contributed by atoms with Crippen molar-refractivity contribution in [3.05, 3.63) is 97.1 Å². The van der Waals surface area contributed by atoms with Crippen LogP contribution in [0.5, 0.6) is 0 Å². The van der Waals surface area contributed by atoms with Gasteiger partial charge in [0.05, 0.1) is 71.1 Å². The Bertz CT molecular complexity index is 1940. The van der Waals surface area contributed by atoms with Crippen molar-refractivity contribution < 1.29 is 63.4 Å². The Morgan fingerprint density at radius 1 is 0.627 bits per heavy atom. The van der Waals surface area contributed by atoms with Gasteiger partial charge < -0.3 is 20.0 Å². The second-order valence-electron chi connectivity index (χ2n) is 9.45. The maximum Gasteiger partial charge on any atom is 0.469 e. The van der Waals surface area contributed by atoms with Crippen LogP contribution in [0.3, 0.4) is 0 Å². The third-order valence-corrected chi connectivity index (χ3v) is 7.05. The van der Waals surface area contributed by atoms with Crippen molar-refractivity contribution >= 4 is 72.8 Å². The van der Waals surface area contributed by atoms with Crippen LogP contribution in [0.2, 0.25) is 0 Å². The normalized spacial score (nSPS) is 11.9. The van der Waals surface area contributed by atoms with Gasteiger partial charge in [-0.1, -0.05) is 48.5 Å². The molecule has 18 nitrogen and oxygen atoms in total. The Kier molecular flexibility index (Phi) is 17.4. The summed E-state index contributed by atoms with van der Waals surface area (Å²) in [6.07, 6.45) is -1.24. The van der Waals surface area contributed by atoms with E-state index in [1.807, 2.05) is 97.1 Å². The molecule has 2 heterocycles. The Morgan fingerprint density at radius 3 is 1.02 bits per heavy atom. The molecule has 276 valence electrons. The molecule has 0 radical (unpaired) electrons. The van der Waals surface area contributed by atoms with Crippen LogP contribution in [-0.2, 0) is 38.3 Å². The summed E-state index contributed by atoms with van der Waals surface area (Å²) >= 11 is 0. The highest BCUT2D eigenvalue weighted by Gasteiger charge is 2.15. The number of rotatable bonds is 7. The summed E-state index contributed by atoms with van der Waals surface area (Å²) < 4.78 is 74.1. The third kappa shape index (κ3) is 17.6. The number of benzene rings is 4. The summed E-state index contributed by atoms with van der Waals surface area (Å²) in [5.41, 5.74) is 7.60. The van der Waals surface area contributed by atoms with Crippen molar-refractivity contribution in [3.63, 3.8) is 0 Å². The first-order valence-corrected chi connectivity index (χ1v) is 18.6. The van der Waals surface area contributed by atoms with Crippen molar-refractivity contribution in [1.29, 1.82) is 0 Å². The summed E-state index contributed by atoms with van der Waals surface area (Å²) in [7, 11) is -12.0. The van der Waals surface area contributed by atoms with Gasteiger partial charge in [0.2, 0.25) is 0 Å². The zero-order valence-corrected chi connectivity index (χ0v) is 29.5. The number of hydrogen-bond acceptors (Lipinski definition) is 14. The number of phosphoric ester groups is 1. The fourth-order valence-electron chi connectivity index (χ4n) is 3.52. The zero-order valence-electron chi connectivity index (χ0n) is 26.9. The van der Waals surface area contributed by atoms with E-state index < -0.39 is 47.9 Å². The molecule has 0 aliphatic heterocycles. The van der Waals surface area contributed by atoms with E-state index in [0.717, 1.165) is 51.2 Å². The van der Waals surface area contributed by atoms with Gasteiger partial charge in [0.1, 0.15) is 6.10 Å². The molecule has 0 bridgehead atoms. The number of aliphatic hydroxyl groups excluding tert-OH is 2. The molecule has 0 aliphatic carbocycles. The number of para-hydroxylation sites is 8. The third-order valence-electron chi connectivity index (χ3n) is 5.61. The van der Waals surface area contributed by atoms with Crippen molar-refractivity contribution in [2.75, 3.05) is 26.9 Å². The Hall–Kier alpha value is -4.15. The molecule has 0 amide bonds. The number of nitrogens with zero attached hydrogens (tertiary/aromatic N) is 4. The Balaban J connectivity index is 0.000000231. The molecule has 51 heavy (non-hydrogen) atoms. The fourth-order valence-corrected chi connectivity index (χ4v) is 4.18. The second kappa shape index (κ2) is 20.6. The molecule has 21 heteroatoms. The molecule has 1 unspecified atom stereocenters. The molecule has 0 saturated carbocycles. The fraction of sp³-hybridized carbons (Fsp3) is 0.200. The first kappa shape index (κ1) is 43.0. The standard InChI is InChI=1S/2C12H8N2.C3H9O6P.C2H6O4S.CH4O4S/c2*1-2-6-10-9(5-1)13-11-7-3-4-8-12(11)14-10;4-1-3(5)2-9-10(6,7)8;1-2-6-7(3,4)5;1-5-6(2,3)4/h2*1-8H;3-5H,1-2H2,(H2,6,7,8);2H2,1H3,(H,3,4,5);1H3,(H,2,3,4). The maximum atomic E-state index is 9.93. The summed E-state index contributed by atoms with van der Waals surface area (Å²) in [5, 5.41) is 16.7. The molecule has 1 atom stereocenters. The van der Waals surface area contributed by atoms with Crippen LogP contribution in [0.25, 0.3) is 44.1 Å². The molecule has 6 N–H and O–H groups in total. The molecule has 6 rings (SSSR count). The summed E-state index contributed by atoms with van der Waals surface area (Å²) in [6, 6.07) is 31.7. The molecule has 2 aromatic heterocycles. The van der Waals surface area contributed by atoms with Gasteiger partial charge in [-0.25, -0.2) is 28.7 Å². The maximum absolute atomic E-state index is 9.93. The van der Waals surface area contributed by atoms with Gasteiger partial charge in [0.15, 0.2) is 0 Å². The minimum absolute atomic E-state index is 0.0289.